The largest absolute Gasteiger partial charge is 0.394 e. The maximum atomic E-state index is 11.4. The van der Waals surface area contributed by atoms with E-state index in [1.807, 2.05) is 0 Å². The Morgan fingerprint density at radius 1 is 1.60 bits per heavy atom. The summed E-state index contributed by atoms with van der Waals surface area (Å²) in [5.74, 6) is -0.107. The van der Waals surface area contributed by atoms with Gasteiger partial charge in [-0.05, 0) is 13.8 Å². The van der Waals surface area contributed by atoms with Gasteiger partial charge < -0.3 is 10.4 Å². The van der Waals surface area contributed by atoms with Gasteiger partial charge in [0, 0.05) is 12.6 Å². The summed E-state index contributed by atoms with van der Waals surface area (Å²) in [6, 6.07) is 0. The van der Waals surface area contributed by atoms with E-state index in [-0.39, 0.29) is 12.5 Å². The first-order valence-electron chi connectivity index (χ1n) is 4.79. The van der Waals surface area contributed by atoms with Crippen molar-refractivity contribution in [3.63, 3.8) is 0 Å². The number of carbonyl (C=O) groups excluding carboxylic acids is 1. The molecule has 84 valence electrons. The molecule has 0 aliphatic carbocycles. The maximum absolute atomic E-state index is 11.4. The molecule has 0 bridgehead atoms. The fraction of sp³-hybridized carbons (Fsp3) is 0.667. The number of rotatable bonds is 5. The Kier molecular flexibility index (Phi) is 3.79. The van der Waals surface area contributed by atoms with E-state index in [1.165, 1.54) is 0 Å². The highest BCUT2D eigenvalue weighted by Gasteiger charge is 2.18. The lowest BCUT2D eigenvalue weighted by Gasteiger charge is -2.23. The number of nitrogens with zero attached hydrogens (tertiary/aromatic N) is 3. The van der Waals surface area contributed by atoms with Crippen LogP contribution in [0.5, 0.6) is 0 Å². The van der Waals surface area contributed by atoms with E-state index < -0.39 is 5.54 Å². The third kappa shape index (κ3) is 4.07. The molecule has 1 aromatic heterocycles. The second kappa shape index (κ2) is 4.88. The lowest BCUT2D eigenvalue weighted by atomic mass is 10.1. The maximum Gasteiger partial charge on any atom is 0.222 e. The van der Waals surface area contributed by atoms with E-state index in [0.29, 0.717) is 13.0 Å². The van der Waals surface area contributed by atoms with Crippen molar-refractivity contribution in [2.24, 2.45) is 0 Å². The summed E-state index contributed by atoms with van der Waals surface area (Å²) in [7, 11) is 0. The Balaban J connectivity index is 2.31. The van der Waals surface area contributed by atoms with Gasteiger partial charge in [0.05, 0.1) is 24.9 Å². The molecule has 0 fully saturated rings. The van der Waals surface area contributed by atoms with Crippen LogP contribution in [0.3, 0.4) is 0 Å². The summed E-state index contributed by atoms with van der Waals surface area (Å²) >= 11 is 0. The summed E-state index contributed by atoms with van der Waals surface area (Å²) in [6.07, 6.45) is 3.59. The zero-order chi connectivity index (χ0) is 11.3. The van der Waals surface area contributed by atoms with Crippen molar-refractivity contribution in [2.45, 2.75) is 32.4 Å². The highest BCUT2D eigenvalue weighted by Crippen LogP contribution is 2.00. The Bertz CT molecular complexity index is 308. The van der Waals surface area contributed by atoms with Gasteiger partial charge in [-0.3, -0.25) is 9.48 Å². The molecule has 0 aliphatic heterocycles. The topological polar surface area (TPSA) is 80.0 Å². The number of hydrogen-bond donors (Lipinski definition) is 2. The molecule has 0 unspecified atom stereocenters. The van der Waals surface area contributed by atoms with E-state index >= 15 is 0 Å². The van der Waals surface area contributed by atoms with Crippen molar-refractivity contribution in [1.29, 1.82) is 0 Å². The van der Waals surface area contributed by atoms with Crippen molar-refractivity contribution < 1.29 is 9.90 Å². The summed E-state index contributed by atoms with van der Waals surface area (Å²) < 4.78 is 1.59. The van der Waals surface area contributed by atoms with Crippen molar-refractivity contribution in [1.82, 2.24) is 20.3 Å². The smallest absolute Gasteiger partial charge is 0.222 e. The number of aliphatic hydroxyl groups excluding tert-OH is 1. The van der Waals surface area contributed by atoms with Crippen LogP contribution in [0.1, 0.15) is 20.3 Å². The van der Waals surface area contributed by atoms with E-state index in [9.17, 15) is 4.79 Å². The van der Waals surface area contributed by atoms with Crippen LogP contribution < -0.4 is 5.32 Å². The monoisotopic (exact) mass is 212 g/mol. The summed E-state index contributed by atoms with van der Waals surface area (Å²) in [5.41, 5.74) is -0.570. The Morgan fingerprint density at radius 2 is 2.33 bits per heavy atom. The van der Waals surface area contributed by atoms with Crippen LogP contribution in [0.4, 0.5) is 0 Å². The van der Waals surface area contributed by atoms with Crippen LogP contribution in [-0.2, 0) is 11.3 Å². The van der Waals surface area contributed by atoms with Crippen LogP contribution in [-0.4, -0.2) is 38.2 Å². The zero-order valence-corrected chi connectivity index (χ0v) is 8.97. The lowest BCUT2D eigenvalue weighted by Crippen LogP contribution is -2.46. The number of hydrogen-bond acceptors (Lipinski definition) is 4. The fourth-order valence-corrected chi connectivity index (χ4v) is 1.05. The molecule has 0 saturated carbocycles. The second-order valence-corrected chi connectivity index (χ2v) is 4.01. The first-order valence-corrected chi connectivity index (χ1v) is 4.79. The average molecular weight is 212 g/mol. The first kappa shape index (κ1) is 11.6. The van der Waals surface area contributed by atoms with Gasteiger partial charge in [0.1, 0.15) is 0 Å². The predicted octanol–water partition coefficient (Wildman–Crippen LogP) is -0.445. The van der Waals surface area contributed by atoms with Gasteiger partial charge in [-0.2, -0.15) is 0 Å². The summed E-state index contributed by atoms with van der Waals surface area (Å²) in [6.45, 7) is 3.94. The molecule has 0 aliphatic rings. The molecule has 6 nitrogen and oxygen atoms in total. The Morgan fingerprint density at radius 3 is 2.87 bits per heavy atom. The molecule has 1 amide bonds. The number of carbonyl (C=O) groups is 1. The van der Waals surface area contributed by atoms with E-state index in [4.69, 9.17) is 5.11 Å². The van der Waals surface area contributed by atoms with E-state index in [0.717, 1.165) is 0 Å². The van der Waals surface area contributed by atoms with Gasteiger partial charge in [-0.15, -0.1) is 5.10 Å². The van der Waals surface area contributed by atoms with Gasteiger partial charge in [-0.25, -0.2) is 0 Å². The number of aliphatic hydroxyl groups is 1. The Labute approximate surface area is 88.3 Å². The molecule has 0 radical (unpaired) electrons. The average Bonchev–Trinajstić information content (AvgIpc) is 2.66. The van der Waals surface area contributed by atoms with Gasteiger partial charge in [0.25, 0.3) is 0 Å². The molecular formula is C9H16N4O2. The quantitative estimate of drug-likeness (QED) is 0.693. The molecular weight excluding hydrogens is 196 g/mol. The normalized spacial score (nSPS) is 11.4. The van der Waals surface area contributed by atoms with Crippen molar-refractivity contribution >= 4 is 5.91 Å². The Hall–Kier alpha value is -1.43. The molecule has 15 heavy (non-hydrogen) atoms. The molecule has 1 aromatic rings. The van der Waals surface area contributed by atoms with Gasteiger partial charge in [-0.1, -0.05) is 5.21 Å². The van der Waals surface area contributed by atoms with E-state index in [2.05, 4.69) is 15.6 Å². The van der Waals surface area contributed by atoms with Crippen LogP contribution in [0, 0.1) is 0 Å². The van der Waals surface area contributed by atoms with E-state index in [1.54, 1.807) is 30.9 Å². The second-order valence-electron chi connectivity index (χ2n) is 4.01. The van der Waals surface area contributed by atoms with Gasteiger partial charge in [0.2, 0.25) is 5.91 Å². The lowest BCUT2D eigenvalue weighted by molar-refractivity contribution is -0.123. The predicted molar refractivity (Wildman–Crippen MR) is 53.9 cm³/mol. The first-order chi connectivity index (χ1) is 7.03. The third-order valence-electron chi connectivity index (χ3n) is 1.91. The summed E-state index contributed by atoms with van der Waals surface area (Å²) in [5, 5.41) is 19.0. The highest BCUT2D eigenvalue weighted by molar-refractivity contribution is 5.76. The molecule has 1 heterocycles. The molecule has 6 heteroatoms. The minimum atomic E-state index is -0.570. The molecule has 0 saturated heterocycles. The summed E-state index contributed by atoms with van der Waals surface area (Å²) in [4.78, 5) is 11.4. The van der Waals surface area contributed by atoms with Crippen molar-refractivity contribution in [2.75, 3.05) is 6.61 Å². The van der Waals surface area contributed by atoms with Crippen molar-refractivity contribution in [3.8, 4) is 0 Å². The SMILES string of the molecule is CC(C)(CO)NC(=O)CCn1ccnn1. The minimum absolute atomic E-state index is 0.0813. The fourth-order valence-electron chi connectivity index (χ4n) is 1.05. The van der Waals surface area contributed by atoms with Gasteiger partial charge >= 0.3 is 0 Å². The molecule has 1 rings (SSSR count). The molecule has 0 atom stereocenters. The van der Waals surface area contributed by atoms with Crippen LogP contribution in [0.25, 0.3) is 0 Å². The molecule has 0 spiro atoms. The minimum Gasteiger partial charge on any atom is -0.394 e. The zero-order valence-electron chi connectivity index (χ0n) is 8.97. The molecule has 2 N–H and O–H groups in total. The number of amides is 1. The number of aromatic nitrogens is 3. The molecule has 0 aromatic carbocycles. The number of nitrogens with one attached hydrogen (secondary N) is 1. The third-order valence-corrected chi connectivity index (χ3v) is 1.91. The van der Waals surface area contributed by atoms with Crippen molar-refractivity contribution in [3.05, 3.63) is 12.4 Å². The number of aryl methyl sites for hydroxylation is 1. The van der Waals surface area contributed by atoms with Gasteiger partial charge in [0.15, 0.2) is 0 Å². The highest BCUT2D eigenvalue weighted by atomic mass is 16.3. The standard InChI is InChI=1S/C9H16N4O2/c1-9(2,7-14)11-8(15)3-5-13-6-4-10-12-13/h4,6,14H,3,5,7H2,1-2H3,(H,11,15). The van der Waals surface area contributed by atoms with Crippen LogP contribution >= 0.6 is 0 Å². The van der Waals surface area contributed by atoms with Crippen LogP contribution in [0.2, 0.25) is 0 Å². The van der Waals surface area contributed by atoms with Crippen LogP contribution in [0.15, 0.2) is 12.4 Å².